The van der Waals surface area contributed by atoms with Gasteiger partial charge in [-0.15, -0.1) is 0 Å². The van der Waals surface area contributed by atoms with Gasteiger partial charge in [-0.1, -0.05) is 31.2 Å². The average molecular weight is 124 g/mol. The van der Waals surface area contributed by atoms with E-state index in [0.29, 0.717) is 0 Å². The Hall–Kier alpha value is -0.520. The second kappa shape index (κ2) is 7.48. The highest BCUT2D eigenvalue weighted by Gasteiger charge is 1.72. The molecule has 0 N–H and O–H groups in total. The van der Waals surface area contributed by atoms with E-state index in [9.17, 15) is 0 Å². The van der Waals surface area contributed by atoms with E-state index in [2.05, 4.69) is 38.2 Å². The molecular weight excluding hydrogens is 108 g/mol. The van der Waals surface area contributed by atoms with Crippen LogP contribution < -0.4 is 0 Å². The van der Waals surface area contributed by atoms with Crippen LogP contribution in [0.5, 0.6) is 0 Å². The summed E-state index contributed by atoms with van der Waals surface area (Å²) >= 11 is 0. The first-order valence-electron chi connectivity index (χ1n) is 3.68. The van der Waals surface area contributed by atoms with Gasteiger partial charge in [-0.25, -0.2) is 0 Å². The topological polar surface area (TPSA) is 0 Å². The number of hydrogen-bond donors (Lipinski definition) is 0. The summed E-state index contributed by atoms with van der Waals surface area (Å²) in [6, 6.07) is 0. The monoisotopic (exact) mass is 124 g/mol. The Labute approximate surface area is 58.3 Å². The van der Waals surface area contributed by atoms with E-state index < -0.39 is 0 Å². The Morgan fingerprint density at radius 3 is 2.22 bits per heavy atom. The molecule has 0 heteroatoms. The number of unbranched alkanes of at least 4 members (excludes halogenated alkanes) is 1. The lowest BCUT2D eigenvalue weighted by atomic mass is 10.2. The van der Waals surface area contributed by atoms with Crippen molar-refractivity contribution >= 4 is 0 Å². The van der Waals surface area contributed by atoms with Crippen LogP contribution in [-0.2, 0) is 0 Å². The molecule has 0 aromatic heterocycles. The van der Waals surface area contributed by atoms with E-state index in [1.165, 1.54) is 12.8 Å². The van der Waals surface area contributed by atoms with Crippen LogP contribution >= 0.6 is 0 Å². The number of hydrogen-bond acceptors (Lipinski definition) is 0. The van der Waals surface area contributed by atoms with Crippen LogP contribution in [0.15, 0.2) is 24.3 Å². The molecule has 0 nitrogen and oxygen atoms in total. The molecule has 0 spiro atoms. The fourth-order valence-electron chi connectivity index (χ4n) is 0.644. The van der Waals surface area contributed by atoms with Crippen molar-refractivity contribution in [3.63, 3.8) is 0 Å². The van der Waals surface area contributed by atoms with E-state index in [4.69, 9.17) is 0 Å². The van der Waals surface area contributed by atoms with Crippen LogP contribution in [0.1, 0.15) is 33.1 Å². The summed E-state index contributed by atoms with van der Waals surface area (Å²) in [5.74, 6) is 0. The molecule has 0 atom stereocenters. The predicted molar refractivity (Wildman–Crippen MR) is 43.5 cm³/mol. The third-order valence-corrected chi connectivity index (χ3v) is 1.14. The van der Waals surface area contributed by atoms with Crippen molar-refractivity contribution in [3.8, 4) is 0 Å². The second-order valence-electron chi connectivity index (χ2n) is 2.03. The molecule has 0 saturated heterocycles. The van der Waals surface area contributed by atoms with Crippen molar-refractivity contribution in [3.05, 3.63) is 24.3 Å². The molecule has 0 radical (unpaired) electrons. The Morgan fingerprint density at radius 2 is 1.67 bits per heavy atom. The molecule has 0 aliphatic carbocycles. The van der Waals surface area contributed by atoms with Gasteiger partial charge in [0.05, 0.1) is 0 Å². The Bertz CT molecular complexity index is 88.2. The van der Waals surface area contributed by atoms with Crippen LogP contribution in [0.4, 0.5) is 0 Å². The van der Waals surface area contributed by atoms with Gasteiger partial charge in [-0.3, -0.25) is 0 Å². The Kier molecular flexibility index (Phi) is 7.05. The highest BCUT2D eigenvalue weighted by molar-refractivity contribution is 4.85. The van der Waals surface area contributed by atoms with Crippen LogP contribution in [0.2, 0.25) is 0 Å². The van der Waals surface area contributed by atoms with Crippen LogP contribution in [0.3, 0.4) is 0 Å². The summed E-state index contributed by atoms with van der Waals surface area (Å²) in [5, 5.41) is 0. The maximum Gasteiger partial charge on any atom is -0.0316 e. The summed E-state index contributed by atoms with van der Waals surface area (Å²) in [4.78, 5) is 0. The minimum absolute atomic E-state index is 1.16. The predicted octanol–water partition coefficient (Wildman–Crippen LogP) is 3.31. The van der Waals surface area contributed by atoms with E-state index in [1.807, 2.05) is 0 Å². The second-order valence-corrected chi connectivity index (χ2v) is 2.03. The molecule has 0 saturated carbocycles. The maximum absolute atomic E-state index is 2.24. The average Bonchev–Trinajstić information content (AvgIpc) is 1.89. The molecule has 0 fully saturated rings. The van der Waals surface area contributed by atoms with Crippen molar-refractivity contribution < 1.29 is 0 Å². The van der Waals surface area contributed by atoms with E-state index in [1.54, 1.807) is 0 Å². The zero-order valence-electron chi connectivity index (χ0n) is 6.43. The molecule has 0 aliphatic heterocycles. The van der Waals surface area contributed by atoms with Gasteiger partial charge in [0.15, 0.2) is 0 Å². The van der Waals surface area contributed by atoms with Crippen molar-refractivity contribution in [2.24, 2.45) is 0 Å². The summed E-state index contributed by atoms with van der Waals surface area (Å²) in [5.41, 5.74) is 0. The first-order valence-corrected chi connectivity index (χ1v) is 3.68. The summed E-state index contributed by atoms with van der Waals surface area (Å²) in [6.45, 7) is 4.22. The Morgan fingerprint density at radius 1 is 1.00 bits per heavy atom. The summed E-state index contributed by atoms with van der Waals surface area (Å²) in [7, 11) is 0. The number of allylic oxidation sites excluding steroid dienone is 4. The van der Waals surface area contributed by atoms with Gasteiger partial charge >= 0.3 is 0 Å². The molecule has 0 heterocycles. The third kappa shape index (κ3) is 7.48. The third-order valence-electron chi connectivity index (χ3n) is 1.14. The molecule has 0 aliphatic rings. The zero-order valence-corrected chi connectivity index (χ0v) is 6.43. The van der Waals surface area contributed by atoms with E-state index in [-0.39, 0.29) is 0 Å². The van der Waals surface area contributed by atoms with Gasteiger partial charge in [-0.2, -0.15) is 0 Å². The van der Waals surface area contributed by atoms with Crippen molar-refractivity contribution in [2.75, 3.05) is 0 Å². The first kappa shape index (κ1) is 8.48. The lowest BCUT2D eigenvalue weighted by molar-refractivity contribution is 1.03. The quantitative estimate of drug-likeness (QED) is 0.398. The molecular formula is C9H16. The fourth-order valence-corrected chi connectivity index (χ4v) is 0.644. The Balaban J connectivity index is 2.99. The molecule has 0 unspecified atom stereocenters. The molecule has 0 aromatic carbocycles. The van der Waals surface area contributed by atoms with Crippen molar-refractivity contribution in [1.29, 1.82) is 0 Å². The van der Waals surface area contributed by atoms with E-state index in [0.717, 1.165) is 6.42 Å². The number of rotatable bonds is 4. The standard InChI is InChI=1S/C9H16/c1-3-5-7-9-8-6-4-2/h3,5-6,8H,4,7,9H2,1-2H3/b5-3+,8-6+. The van der Waals surface area contributed by atoms with Crippen molar-refractivity contribution in [1.82, 2.24) is 0 Å². The minimum Gasteiger partial charge on any atom is -0.0917 e. The highest BCUT2D eigenvalue weighted by Crippen LogP contribution is 1.93. The zero-order chi connectivity index (χ0) is 6.95. The van der Waals surface area contributed by atoms with Gasteiger partial charge in [0.1, 0.15) is 0 Å². The van der Waals surface area contributed by atoms with Gasteiger partial charge < -0.3 is 0 Å². The van der Waals surface area contributed by atoms with Crippen LogP contribution in [-0.4, -0.2) is 0 Å². The lowest BCUT2D eigenvalue weighted by Crippen LogP contribution is -1.62. The van der Waals surface area contributed by atoms with Crippen LogP contribution in [0, 0.1) is 0 Å². The molecule has 9 heavy (non-hydrogen) atoms. The lowest BCUT2D eigenvalue weighted by Gasteiger charge is -1.83. The normalized spacial score (nSPS) is 11.8. The highest BCUT2D eigenvalue weighted by atomic mass is 13.8. The minimum atomic E-state index is 1.16. The molecule has 0 rings (SSSR count). The van der Waals surface area contributed by atoms with Gasteiger partial charge in [0.25, 0.3) is 0 Å². The molecule has 0 aromatic rings. The molecule has 0 bridgehead atoms. The smallest absolute Gasteiger partial charge is 0.0316 e. The van der Waals surface area contributed by atoms with Gasteiger partial charge in [0, 0.05) is 0 Å². The molecule has 52 valence electrons. The van der Waals surface area contributed by atoms with E-state index >= 15 is 0 Å². The summed E-state index contributed by atoms with van der Waals surface area (Å²) in [6.07, 6.45) is 12.3. The fraction of sp³-hybridized carbons (Fsp3) is 0.556. The van der Waals surface area contributed by atoms with Gasteiger partial charge in [0.2, 0.25) is 0 Å². The maximum atomic E-state index is 2.24. The van der Waals surface area contributed by atoms with Gasteiger partial charge in [-0.05, 0) is 26.2 Å². The first-order chi connectivity index (χ1) is 4.41. The van der Waals surface area contributed by atoms with Crippen molar-refractivity contribution in [2.45, 2.75) is 33.1 Å². The SMILES string of the molecule is C/C=C/CC/C=C/CC. The largest absolute Gasteiger partial charge is 0.0917 e. The summed E-state index contributed by atoms with van der Waals surface area (Å²) < 4.78 is 0. The molecule has 0 amide bonds. The van der Waals surface area contributed by atoms with Crippen LogP contribution in [0.25, 0.3) is 0 Å².